The molecule has 1 nitrogen and oxygen atoms in total. The summed E-state index contributed by atoms with van der Waals surface area (Å²) >= 11 is 5.23. The molecule has 0 fully saturated rings. The van der Waals surface area contributed by atoms with E-state index < -0.39 is 11.7 Å². The third-order valence-corrected chi connectivity index (χ3v) is 1.38. The average molecular weight is 218 g/mol. The number of nitrogens with zero attached hydrogens (tertiary/aromatic N) is 1. The van der Waals surface area contributed by atoms with Crippen LogP contribution >= 0.6 is 24.0 Å². The zero-order chi connectivity index (χ0) is 8.48. The van der Waals surface area contributed by atoms with Crippen LogP contribution in [0.3, 0.4) is 0 Å². The Balaban J connectivity index is 0.00000121. The maximum absolute atomic E-state index is 11.9. The first-order valence-electron chi connectivity index (χ1n) is 2.68. The fraction of sp³-hybridized carbons (Fsp3) is 0.167. The Kier molecular flexibility index (Phi) is 3.80. The van der Waals surface area contributed by atoms with Crippen molar-refractivity contribution in [3.8, 4) is 0 Å². The van der Waals surface area contributed by atoms with E-state index in [9.17, 15) is 13.2 Å². The van der Waals surface area contributed by atoms with Crippen molar-refractivity contribution >= 4 is 24.0 Å². The molecule has 0 amide bonds. The van der Waals surface area contributed by atoms with Crippen LogP contribution in [0.1, 0.15) is 5.56 Å². The maximum Gasteiger partial charge on any atom is 0.417 e. The maximum atomic E-state index is 11.9. The monoisotopic (exact) mass is 217 g/mol. The van der Waals surface area contributed by atoms with Crippen molar-refractivity contribution in [1.82, 2.24) is 4.98 Å². The Labute approximate surface area is 78.0 Å². The van der Waals surface area contributed by atoms with Crippen molar-refractivity contribution in [2.45, 2.75) is 6.18 Å². The molecular weight excluding hydrogens is 214 g/mol. The summed E-state index contributed by atoms with van der Waals surface area (Å²) in [6, 6.07) is 0.836. The summed E-state index contributed by atoms with van der Waals surface area (Å²) in [5.74, 6) is 0. The fourth-order valence-electron chi connectivity index (χ4n) is 0.605. The summed E-state index contributed by atoms with van der Waals surface area (Å²) in [5.41, 5.74) is -0.853. The first-order chi connectivity index (χ1) is 5.02. The minimum Gasteiger partial charge on any atom is -0.263 e. The van der Waals surface area contributed by atoms with Gasteiger partial charge in [0.2, 0.25) is 0 Å². The number of alkyl halides is 3. The van der Waals surface area contributed by atoms with Gasteiger partial charge in [-0.25, -0.2) is 0 Å². The lowest BCUT2D eigenvalue weighted by molar-refractivity contribution is -0.137. The molecule has 0 N–H and O–H groups in total. The molecule has 0 bridgehead atoms. The predicted molar refractivity (Wildman–Crippen MR) is 41.5 cm³/mol. The van der Waals surface area contributed by atoms with Gasteiger partial charge in [-0.05, 0) is 6.07 Å². The number of hydrogen-bond acceptors (Lipinski definition) is 1. The topological polar surface area (TPSA) is 12.9 Å². The molecule has 6 heteroatoms. The van der Waals surface area contributed by atoms with Crippen molar-refractivity contribution in [2.75, 3.05) is 0 Å². The lowest BCUT2D eigenvalue weighted by Crippen LogP contribution is -2.05. The Morgan fingerprint density at radius 3 is 2.25 bits per heavy atom. The molecule has 68 valence electrons. The van der Waals surface area contributed by atoms with E-state index in [1.54, 1.807) is 0 Å². The highest BCUT2D eigenvalue weighted by atomic mass is 35.5. The number of hydrogen-bond donors (Lipinski definition) is 0. The highest BCUT2D eigenvalue weighted by Gasteiger charge is 2.32. The second kappa shape index (κ2) is 3.96. The van der Waals surface area contributed by atoms with Crippen LogP contribution in [0.25, 0.3) is 0 Å². The molecule has 0 spiro atoms. The highest BCUT2D eigenvalue weighted by Crippen LogP contribution is 2.33. The summed E-state index contributed by atoms with van der Waals surface area (Å²) < 4.78 is 35.8. The second-order valence-electron chi connectivity index (χ2n) is 1.85. The zero-order valence-electron chi connectivity index (χ0n) is 5.60. The summed E-state index contributed by atoms with van der Waals surface area (Å²) in [6.07, 6.45) is -2.38. The van der Waals surface area contributed by atoms with Gasteiger partial charge in [0.1, 0.15) is 0 Å². The Morgan fingerprint density at radius 2 is 1.92 bits per heavy atom. The van der Waals surface area contributed by atoms with Crippen LogP contribution in [0, 0.1) is 0 Å². The van der Waals surface area contributed by atoms with Crippen molar-refractivity contribution in [3.05, 3.63) is 29.0 Å². The molecule has 0 atom stereocenters. The van der Waals surface area contributed by atoms with E-state index in [1.807, 2.05) is 0 Å². The van der Waals surface area contributed by atoms with Crippen LogP contribution in [0.4, 0.5) is 13.2 Å². The number of aromatic nitrogens is 1. The molecule has 0 saturated heterocycles. The molecule has 0 radical (unpaired) electrons. The molecule has 0 aliphatic carbocycles. The number of rotatable bonds is 0. The Bertz CT molecular complexity index is 261. The van der Waals surface area contributed by atoms with Gasteiger partial charge in [-0.1, -0.05) is 11.6 Å². The normalized spacial score (nSPS) is 10.7. The highest BCUT2D eigenvalue weighted by molar-refractivity contribution is 6.31. The third-order valence-electron chi connectivity index (χ3n) is 1.08. The SMILES string of the molecule is Cl.FC(F)(F)c1ccncc1Cl. The number of pyridine rings is 1. The van der Waals surface area contributed by atoms with E-state index in [1.165, 1.54) is 0 Å². The largest absolute Gasteiger partial charge is 0.417 e. The molecule has 0 saturated carbocycles. The van der Waals surface area contributed by atoms with E-state index in [4.69, 9.17) is 11.6 Å². The van der Waals surface area contributed by atoms with Crippen molar-refractivity contribution in [1.29, 1.82) is 0 Å². The average Bonchev–Trinajstić information content (AvgIpc) is 1.86. The molecule has 1 aromatic heterocycles. The summed E-state index contributed by atoms with van der Waals surface area (Å²) in [7, 11) is 0. The van der Waals surface area contributed by atoms with Crippen LogP contribution in [-0.2, 0) is 6.18 Å². The lowest BCUT2D eigenvalue weighted by Gasteiger charge is -2.06. The van der Waals surface area contributed by atoms with Gasteiger partial charge in [-0.3, -0.25) is 4.98 Å². The predicted octanol–water partition coefficient (Wildman–Crippen LogP) is 3.18. The molecule has 0 aromatic carbocycles. The van der Waals surface area contributed by atoms with Crippen LogP contribution in [0.15, 0.2) is 18.5 Å². The van der Waals surface area contributed by atoms with Crippen LogP contribution in [-0.4, -0.2) is 4.98 Å². The molecule has 0 aliphatic rings. The first kappa shape index (κ1) is 11.5. The van der Waals surface area contributed by atoms with Gasteiger partial charge in [0.15, 0.2) is 0 Å². The standard InChI is InChI=1S/C6H3ClF3N.ClH/c7-5-3-11-2-1-4(5)6(8,9)10;/h1-3H;1H. The molecule has 1 rings (SSSR count). The minimum atomic E-state index is -4.39. The van der Waals surface area contributed by atoms with E-state index in [-0.39, 0.29) is 17.4 Å². The van der Waals surface area contributed by atoms with Gasteiger partial charge in [-0.2, -0.15) is 13.2 Å². The van der Waals surface area contributed by atoms with Gasteiger partial charge in [-0.15, -0.1) is 12.4 Å². The van der Waals surface area contributed by atoms with E-state index >= 15 is 0 Å². The fourth-order valence-corrected chi connectivity index (χ4v) is 0.832. The van der Waals surface area contributed by atoms with E-state index in [2.05, 4.69) is 4.98 Å². The van der Waals surface area contributed by atoms with Crippen molar-refractivity contribution < 1.29 is 13.2 Å². The van der Waals surface area contributed by atoms with Gasteiger partial charge < -0.3 is 0 Å². The van der Waals surface area contributed by atoms with Crippen molar-refractivity contribution in [2.24, 2.45) is 0 Å². The lowest BCUT2D eigenvalue weighted by atomic mass is 10.3. The molecule has 0 aliphatic heterocycles. The number of halogens is 5. The summed E-state index contributed by atoms with van der Waals surface area (Å²) in [6.45, 7) is 0. The molecule has 12 heavy (non-hydrogen) atoms. The molecular formula is C6H4Cl2F3N. The third kappa shape index (κ3) is 2.53. The van der Waals surface area contributed by atoms with Crippen LogP contribution in [0.2, 0.25) is 5.02 Å². The van der Waals surface area contributed by atoms with E-state index in [0.717, 1.165) is 18.5 Å². The second-order valence-corrected chi connectivity index (χ2v) is 2.26. The summed E-state index contributed by atoms with van der Waals surface area (Å²) in [4.78, 5) is 3.43. The van der Waals surface area contributed by atoms with Gasteiger partial charge >= 0.3 is 6.18 Å². The molecule has 0 unspecified atom stereocenters. The zero-order valence-corrected chi connectivity index (χ0v) is 7.17. The molecule has 1 heterocycles. The van der Waals surface area contributed by atoms with E-state index in [0.29, 0.717) is 0 Å². The van der Waals surface area contributed by atoms with Crippen molar-refractivity contribution in [3.63, 3.8) is 0 Å². The Hall–Kier alpha value is -0.480. The quantitative estimate of drug-likeness (QED) is 0.651. The van der Waals surface area contributed by atoms with Gasteiger partial charge in [0.25, 0.3) is 0 Å². The Morgan fingerprint density at radius 1 is 1.33 bits per heavy atom. The van der Waals surface area contributed by atoms with Gasteiger partial charge in [0, 0.05) is 12.4 Å². The summed E-state index contributed by atoms with van der Waals surface area (Å²) in [5, 5.41) is -0.375. The first-order valence-corrected chi connectivity index (χ1v) is 3.06. The smallest absolute Gasteiger partial charge is 0.263 e. The minimum absolute atomic E-state index is 0. The van der Waals surface area contributed by atoms with Gasteiger partial charge in [0.05, 0.1) is 10.6 Å². The molecule has 1 aromatic rings. The van der Waals surface area contributed by atoms with Crippen LogP contribution < -0.4 is 0 Å². The van der Waals surface area contributed by atoms with Crippen LogP contribution in [0.5, 0.6) is 0 Å².